The Kier molecular flexibility index (Phi) is 6.79. The van der Waals surface area contributed by atoms with E-state index in [0.717, 1.165) is 29.4 Å². The van der Waals surface area contributed by atoms with E-state index in [0.29, 0.717) is 0 Å². The van der Waals surface area contributed by atoms with Gasteiger partial charge < -0.3 is 4.90 Å². The number of alkyl halides is 4. The average Bonchev–Trinajstić information content (AvgIpc) is 3.21. The summed E-state index contributed by atoms with van der Waals surface area (Å²) >= 11 is 17.7. The van der Waals surface area contributed by atoms with Gasteiger partial charge >= 0.3 is 6.18 Å². The first-order valence-electron chi connectivity index (χ1n) is 10.2. The molecule has 1 fully saturated rings. The fraction of sp³-hybridized carbons (Fsp3) is 0.318. The highest BCUT2D eigenvalue weighted by Gasteiger charge is 2.60. The van der Waals surface area contributed by atoms with Crippen molar-refractivity contribution in [2.45, 2.75) is 17.4 Å². The van der Waals surface area contributed by atoms with Gasteiger partial charge in [0.05, 0.1) is 33.9 Å². The van der Waals surface area contributed by atoms with Crippen molar-refractivity contribution in [2.24, 2.45) is 0 Å². The van der Waals surface area contributed by atoms with Crippen molar-refractivity contribution in [3.63, 3.8) is 0 Å². The van der Waals surface area contributed by atoms with Gasteiger partial charge in [0.2, 0.25) is 11.5 Å². The predicted molar refractivity (Wildman–Crippen MR) is 127 cm³/mol. The smallest absolute Gasteiger partial charge is 0.335 e. The second-order valence-electron chi connectivity index (χ2n) is 8.61. The van der Waals surface area contributed by atoms with E-state index in [-0.39, 0.29) is 45.0 Å². The topological polar surface area (TPSA) is 75.7 Å². The van der Waals surface area contributed by atoms with E-state index in [9.17, 15) is 26.4 Å². The van der Waals surface area contributed by atoms with Crippen LogP contribution in [0.15, 0.2) is 42.5 Å². The molecule has 0 spiro atoms. The minimum absolute atomic E-state index is 0.0347. The molecule has 194 valence electrons. The van der Waals surface area contributed by atoms with Crippen LogP contribution in [0.2, 0.25) is 15.1 Å². The summed E-state index contributed by atoms with van der Waals surface area (Å²) in [5.74, 6) is -1.42. The molecule has 0 saturated carbocycles. The largest absolute Gasteiger partial charge is 0.428 e. The second kappa shape index (κ2) is 9.05. The summed E-state index contributed by atoms with van der Waals surface area (Å²) < 4.78 is 80.3. The van der Waals surface area contributed by atoms with Crippen LogP contribution in [0.4, 0.5) is 17.6 Å². The number of hydrogen-bond acceptors (Lipinski definition) is 5. The van der Waals surface area contributed by atoms with Crippen molar-refractivity contribution >= 4 is 56.2 Å². The first-order valence-corrected chi connectivity index (χ1v) is 13.4. The molecule has 2 aliphatic rings. The van der Waals surface area contributed by atoms with Crippen LogP contribution in [0.1, 0.15) is 16.7 Å². The van der Waals surface area contributed by atoms with Crippen LogP contribution >= 0.6 is 34.8 Å². The van der Waals surface area contributed by atoms with Gasteiger partial charge in [0.15, 0.2) is 15.5 Å². The monoisotopic (exact) mass is 586 g/mol. The molecule has 0 aromatic heterocycles. The first kappa shape index (κ1) is 27.0. The zero-order valence-electron chi connectivity index (χ0n) is 18.3. The molecule has 1 saturated heterocycles. The van der Waals surface area contributed by atoms with Gasteiger partial charge in [-0.2, -0.15) is 13.2 Å². The lowest BCUT2D eigenvalue weighted by Gasteiger charge is -2.44. The highest BCUT2D eigenvalue weighted by molar-refractivity contribution is 7.91. The SMILES string of the molecule is CS(=O)(=O)CC(=O)N1CC(F)(c2ccc(C3=CC(c4cc(Cl)c(Cl)c(Cl)c4)(C(F)(F)F)ON3)cc2)C1. The molecule has 14 heteroatoms. The quantitative estimate of drug-likeness (QED) is 0.392. The van der Waals surface area contributed by atoms with Crippen LogP contribution in [0.5, 0.6) is 0 Å². The Hall–Kier alpha value is -2.05. The lowest BCUT2D eigenvalue weighted by molar-refractivity contribution is -0.269. The maximum Gasteiger partial charge on any atom is 0.428 e. The maximum absolute atomic E-state index is 15.2. The summed E-state index contributed by atoms with van der Waals surface area (Å²) in [5, 5.41) is -0.469. The number of carbonyl (C=O) groups is 1. The number of nitrogens with one attached hydrogen (secondary N) is 1. The van der Waals surface area contributed by atoms with Crippen LogP contribution < -0.4 is 5.48 Å². The molecule has 2 aromatic rings. The summed E-state index contributed by atoms with van der Waals surface area (Å²) in [7, 11) is -3.55. The van der Waals surface area contributed by atoms with Gasteiger partial charge in [-0.15, -0.1) is 0 Å². The van der Waals surface area contributed by atoms with Gasteiger partial charge in [-0.1, -0.05) is 59.1 Å². The summed E-state index contributed by atoms with van der Waals surface area (Å²) in [6, 6.07) is 7.56. The minimum Gasteiger partial charge on any atom is -0.335 e. The number of hydroxylamine groups is 1. The Morgan fingerprint density at radius 2 is 1.64 bits per heavy atom. The van der Waals surface area contributed by atoms with Crippen molar-refractivity contribution in [2.75, 3.05) is 25.1 Å². The number of likely N-dealkylation sites (tertiary alicyclic amines) is 1. The van der Waals surface area contributed by atoms with Gasteiger partial charge in [0, 0.05) is 11.8 Å². The van der Waals surface area contributed by atoms with E-state index in [1.807, 2.05) is 0 Å². The lowest BCUT2D eigenvalue weighted by Crippen LogP contribution is -2.59. The Bertz CT molecular complexity index is 1340. The van der Waals surface area contributed by atoms with E-state index in [1.165, 1.54) is 24.3 Å². The molecular formula is C22H17Cl3F4N2O4S. The van der Waals surface area contributed by atoms with E-state index in [2.05, 4.69) is 5.48 Å². The summed E-state index contributed by atoms with van der Waals surface area (Å²) in [5.41, 5.74) is -2.54. The van der Waals surface area contributed by atoms with Crippen LogP contribution in [0, 0.1) is 0 Å². The van der Waals surface area contributed by atoms with Gasteiger partial charge in [0.25, 0.3) is 0 Å². The zero-order valence-corrected chi connectivity index (χ0v) is 21.4. The fourth-order valence-electron chi connectivity index (χ4n) is 3.94. The second-order valence-corrected chi connectivity index (χ2v) is 11.9. The fourth-order valence-corrected chi connectivity index (χ4v) is 5.16. The van der Waals surface area contributed by atoms with Crippen molar-refractivity contribution in [1.29, 1.82) is 0 Å². The number of rotatable bonds is 5. The Morgan fingerprint density at radius 3 is 2.14 bits per heavy atom. The van der Waals surface area contributed by atoms with Crippen molar-refractivity contribution in [3.05, 3.63) is 74.2 Å². The molecule has 0 bridgehead atoms. The molecule has 1 atom stereocenters. The zero-order chi connectivity index (χ0) is 26.7. The molecule has 1 amide bonds. The number of hydrogen-bond donors (Lipinski definition) is 1. The summed E-state index contributed by atoms with van der Waals surface area (Å²) in [6.45, 7) is -0.667. The Balaban J connectivity index is 1.58. The van der Waals surface area contributed by atoms with E-state index in [4.69, 9.17) is 39.6 Å². The normalized spacial score (nSPS) is 21.6. The number of sulfone groups is 1. The molecule has 0 radical (unpaired) electrons. The maximum atomic E-state index is 15.2. The Labute approximate surface area is 218 Å². The lowest BCUT2D eigenvalue weighted by atomic mass is 9.87. The van der Waals surface area contributed by atoms with Crippen molar-refractivity contribution in [3.8, 4) is 0 Å². The van der Waals surface area contributed by atoms with Crippen LogP contribution in [0.3, 0.4) is 0 Å². The van der Waals surface area contributed by atoms with Crippen molar-refractivity contribution in [1.82, 2.24) is 10.4 Å². The highest BCUT2D eigenvalue weighted by atomic mass is 35.5. The molecule has 4 rings (SSSR count). The predicted octanol–water partition coefficient (Wildman–Crippen LogP) is 5.03. The van der Waals surface area contributed by atoms with Crippen LogP contribution in [-0.2, 0) is 30.7 Å². The third kappa shape index (κ3) is 4.91. The van der Waals surface area contributed by atoms with Gasteiger partial charge in [-0.3, -0.25) is 15.1 Å². The van der Waals surface area contributed by atoms with Crippen molar-refractivity contribution < 1.29 is 35.6 Å². The molecule has 0 aliphatic carbocycles. The number of benzene rings is 2. The average molecular weight is 588 g/mol. The molecular weight excluding hydrogens is 571 g/mol. The number of carbonyl (C=O) groups excluding carboxylic acids is 1. The molecule has 36 heavy (non-hydrogen) atoms. The standard InChI is InChI=1S/C22H17Cl3F4N2O4S/c1-36(33,34)9-18(32)31-10-20(26,11-31)13-4-2-12(3-5-13)17-8-21(35-30-17,22(27,28)29)14-6-15(23)19(25)16(24)7-14/h2-8,30H,9-11H2,1H3. The van der Waals surface area contributed by atoms with E-state index in [1.54, 1.807) is 0 Å². The molecule has 2 aliphatic heterocycles. The molecule has 6 nitrogen and oxygen atoms in total. The first-order chi connectivity index (χ1) is 16.5. The van der Waals surface area contributed by atoms with Gasteiger partial charge in [-0.25, -0.2) is 12.8 Å². The molecule has 2 heterocycles. The molecule has 1 N–H and O–H groups in total. The van der Waals surface area contributed by atoms with Crippen LogP contribution in [-0.4, -0.2) is 50.5 Å². The Morgan fingerprint density at radius 1 is 1.08 bits per heavy atom. The minimum atomic E-state index is -4.92. The number of halogens is 7. The number of nitrogens with zero attached hydrogens (tertiary/aromatic N) is 1. The third-order valence-electron chi connectivity index (χ3n) is 5.84. The summed E-state index contributed by atoms with van der Waals surface area (Å²) in [6.07, 6.45) is -3.19. The summed E-state index contributed by atoms with van der Waals surface area (Å²) in [4.78, 5) is 18.1. The molecule has 2 aromatic carbocycles. The van der Waals surface area contributed by atoms with Gasteiger partial charge in [0.1, 0.15) is 5.75 Å². The van der Waals surface area contributed by atoms with Gasteiger partial charge in [-0.05, 0) is 29.3 Å². The van der Waals surface area contributed by atoms with Crippen LogP contribution in [0.25, 0.3) is 5.70 Å². The number of amides is 1. The third-order valence-corrected chi connectivity index (χ3v) is 7.81. The highest BCUT2D eigenvalue weighted by Crippen LogP contribution is 2.49. The van der Waals surface area contributed by atoms with E-state index >= 15 is 4.39 Å². The van der Waals surface area contributed by atoms with E-state index < -0.39 is 44.5 Å². The molecule has 1 unspecified atom stereocenters.